The summed E-state index contributed by atoms with van der Waals surface area (Å²) in [5.74, 6) is -2.68. The second-order valence-electron chi connectivity index (χ2n) is 8.86. The van der Waals surface area contributed by atoms with Crippen molar-refractivity contribution in [1.29, 1.82) is 0 Å². The molecule has 2 atom stereocenters. The largest absolute Gasteiger partial charge is 0.480 e. The van der Waals surface area contributed by atoms with Crippen molar-refractivity contribution in [2.24, 2.45) is 11.7 Å². The molecule has 1 unspecified atom stereocenters. The minimum atomic E-state index is -1.74. The van der Waals surface area contributed by atoms with Crippen LogP contribution >= 0.6 is 0 Å². The fourth-order valence-corrected chi connectivity index (χ4v) is 4.00. The van der Waals surface area contributed by atoms with E-state index in [1.165, 1.54) is 12.1 Å². The van der Waals surface area contributed by atoms with Crippen LogP contribution in [0.25, 0.3) is 0 Å². The van der Waals surface area contributed by atoms with Gasteiger partial charge in [0.2, 0.25) is 0 Å². The Morgan fingerprint density at radius 1 is 1.03 bits per heavy atom. The third-order valence-electron chi connectivity index (χ3n) is 5.89. The maximum Gasteiger partial charge on any atom is 0.324 e. The van der Waals surface area contributed by atoms with Crippen LogP contribution in [0.3, 0.4) is 0 Å². The molecule has 1 aliphatic rings. The van der Waals surface area contributed by atoms with Gasteiger partial charge >= 0.3 is 23.9 Å². The zero-order valence-electron chi connectivity index (χ0n) is 20.1. The summed E-state index contributed by atoms with van der Waals surface area (Å²) in [7, 11) is 0. The van der Waals surface area contributed by atoms with Crippen molar-refractivity contribution in [1.82, 2.24) is 0 Å². The fourth-order valence-electron chi connectivity index (χ4n) is 4.00. The lowest BCUT2D eigenvalue weighted by molar-refractivity contribution is -0.158. The standard InChI is InChI=1S/C25H35NO8/c1-4-21(27)33-19-12-11-17(13-20(19)34-22(28)5-2)15-25(26,24(30)31)14-16(3)32-23(29)18-9-7-6-8-10-18/h11-13,16,18H,4-10,14-15,26H2,1-3H3,(H,30,31)/t16-,25?/m0/s1. The van der Waals surface area contributed by atoms with Crippen LogP contribution in [0.2, 0.25) is 0 Å². The Balaban J connectivity index is 2.17. The number of carboxylic acid groups (broad SMARTS) is 1. The normalized spacial score (nSPS) is 16.7. The highest BCUT2D eigenvalue weighted by atomic mass is 16.6. The predicted octanol–water partition coefficient (Wildman–Crippen LogP) is 3.54. The third-order valence-corrected chi connectivity index (χ3v) is 5.89. The topological polar surface area (TPSA) is 142 Å². The lowest BCUT2D eigenvalue weighted by Gasteiger charge is -2.29. The van der Waals surface area contributed by atoms with E-state index in [-0.39, 0.29) is 49.1 Å². The van der Waals surface area contributed by atoms with Crippen molar-refractivity contribution in [3.63, 3.8) is 0 Å². The van der Waals surface area contributed by atoms with E-state index < -0.39 is 29.6 Å². The van der Waals surface area contributed by atoms with Gasteiger partial charge in [-0.05, 0) is 37.5 Å². The number of hydrogen-bond donors (Lipinski definition) is 2. The van der Waals surface area contributed by atoms with Crippen LogP contribution in [-0.4, -0.2) is 40.6 Å². The first kappa shape index (κ1) is 27.3. The van der Waals surface area contributed by atoms with Gasteiger partial charge in [-0.15, -0.1) is 0 Å². The molecule has 1 aromatic carbocycles. The molecule has 0 spiro atoms. The lowest BCUT2D eigenvalue weighted by Crippen LogP contribution is -2.52. The Labute approximate surface area is 199 Å². The van der Waals surface area contributed by atoms with Crippen LogP contribution < -0.4 is 15.2 Å². The van der Waals surface area contributed by atoms with E-state index in [1.807, 2.05) is 0 Å². The number of nitrogens with two attached hydrogens (primary N) is 1. The van der Waals surface area contributed by atoms with Crippen molar-refractivity contribution < 1.29 is 38.5 Å². The fraction of sp³-hybridized carbons (Fsp3) is 0.600. The molecule has 1 aromatic rings. The number of carbonyl (C=O) groups is 4. The van der Waals surface area contributed by atoms with Gasteiger partial charge in [0.25, 0.3) is 0 Å². The van der Waals surface area contributed by atoms with Crippen LogP contribution in [0.4, 0.5) is 0 Å². The molecular weight excluding hydrogens is 442 g/mol. The first-order chi connectivity index (χ1) is 16.1. The number of rotatable bonds is 11. The summed E-state index contributed by atoms with van der Waals surface area (Å²) in [6.45, 7) is 4.88. The predicted molar refractivity (Wildman–Crippen MR) is 123 cm³/mol. The van der Waals surface area contributed by atoms with E-state index in [1.54, 1.807) is 26.8 Å². The number of benzene rings is 1. The van der Waals surface area contributed by atoms with Crippen molar-refractivity contribution in [2.45, 2.75) is 90.2 Å². The number of esters is 3. The molecule has 1 aliphatic carbocycles. The second-order valence-corrected chi connectivity index (χ2v) is 8.86. The van der Waals surface area contributed by atoms with E-state index in [0.29, 0.717) is 5.56 Å². The average molecular weight is 478 g/mol. The molecule has 0 saturated heterocycles. The van der Waals surface area contributed by atoms with Gasteiger partial charge in [0.1, 0.15) is 11.6 Å². The van der Waals surface area contributed by atoms with E-state index >= 15 is 0 Å². The Kier molecular flexibility index (Phi) is 10.0. The van der Waals surface area contributed by atoms with Crippen molar-refractivity contribution in [2.75, 3.05) is 0 Å². The van der Waals surface area contributed by atoms with E-state index in [4.69, 9.17) is 19.9 Å². The molecule has 1 saturated carbocycles. The van der Waals surface area contributed by atoms with Crippen LogP contribution in [0, 0.1) is 5.92 Å². The van der Waals surface area contributed by atoms with Crippen LogP contribution in [0.5, 0.6) is 11.5 Å². The highest BCUT2D eigenvalue weighted by molar-refractivity contribution is 5.80. The smallest absolute Gasteiger partial charge is 0.324 e. The minimum Gasteiger partial charge on any atom is -0.480 e. The molecule has 9 nitrogen and oxygen atoms in total. The Morgan fingerprint density at radius 2 is 1.62 bits per heavy atom. The number of hydrogen-bond acceptors (Lipinski definition) is 8. The first-order valence-electron chi connectivity index (χ1n) is 11.8. The summed E-state index contributed by atoms with van der Waals surface area (Å²) in [6, 6.07) is 4.44. The SMILES string of the molecule is CCC(=O)Oc1ccc(CC(N)(C[C@H](C)OC(=O)C2CCCCC2)C(=O)O)cc1OC(=O)CC. The Morgan fingerprint density at radius 3 is 2.18 bits per heavy atom. The van der Waals surface area contributed by atoms with Gasteiger partial charge < -0.3 is 25.1 Å². The molecule has 188 valence electrons. The van der Waals surface area contributed by atoms with Crippen LogP contribution in [0.1, 0.15) is 77.7 Å². The highest BCUT2D eigenvalue weighted by Crippen LogP contribution is 2.32. The van der Waals surface area contributed by atoms with Gasteiger partial charge in [-0.1, -0.05) is 39.2 Å². The quantitative estimate of drug-likeness (QED) is 0.361. The summed E-state index contributed by atoms with van der Waals surface area (Å²) in [4.78, 5) is 48.1. The zero-order valence-corrected chi connectivity index (χ0v) is 20.1. The minimum absolute atomic E-state index is 0.00987. The number of carbonyl (C=O) groups excluding carboxylic acids is 3. The molecule has 0 aliphatic heterocycles. The van der Waals surface area contributed by atoms with Crippen molar-refractivity contribution >= 4 is 23.9 Å². The lowest BCUT2D eigenvalue weighted by atomic mass is 9.86. The summed E-state index contributed by atoms with van der Waals surface area (Å²) >= 11 is 0. The summed E-state index contributed by atoms with van der Waals surface area (Å²) in [5, 5.41) is 9.86. The molecule has 3 N–H and O–H groups in total. The van der Waals surface area contributed by atoms with Crippen molar-refractivity contribution in [3.8, 4) is 11.5 Å². The summed E-state index contributed by atoms with van der Waals surface area (Å²) in [6.07, 6.45) is 3.96. The molecule has 0 bridgehead atoms. The zero-order chi connectivity index (χ0) is 25.3. The Bertz CT molecular complexity index is 893. The molecule has 0 heterocycles. The van der Waals surface area contributed by atoms with Crippen LogP contribution in [0.15, 0.2) is 18.2 Å². The molecule has 1 fully saturated rings. The van der Waals surface area contributed by atoms with Gasteiger partial charge in [-0.3, -0.25) is 19.2 Å². The molecule has 0 aromatic heterocycles. The summed E-state index contributed by atoms with van der Waals surface area (Å²) < 4.78 is 16.0. The average Bonchev–Trinajstić information content (AvgIpc) is 2.80. The van der Waals surface area contributed by atoms with Crippen molar-refractivity contribution in [3.05, 3.63) is 23.8 Å². The Hall–Kier alpha value is -2.94. The van der Waals surface area contributed by atoms with E-state index in [2.05, 4.69) is 0 Å². The molecular formula is C25H35NO8. The second kappa shape index (κ2) is 12.5. The number of carboxylic acids is 1. The van der Waals surface area contributed by atoms with Gasteiger partial charge in [0.15, 0.2) is 11.5 Å². The van der Waals surface area contributed by atoms with E-state index in [0.717, 1.165) is 32.1 Å². The van der Waals surface area contributed by atoms with Gasteiger partial charge in [0, 0.05) is 25.7 Å². The van der Waals surface area contributed by atoms with Gasteiger partial charge in [-0.25, -0.2) is 0 Å². The molecule has 0 radical (unpaired) electrons. The molecule has 9 heteroatoms. The number of ether oxygens (including phenoxy) is 3. The highest BCUT2D eigenvalue weighted by Gasteiger charge is 2.38. The van der Waals surface area contributed by atoms with Gasteiger partial charge in [-0.2, -0.15) is 0 Å². The maximum atomic E-state index is 12.4. The van der Waals surface area contributed by atoms with Gasteiger partial charge in [0.05, 0.1) is 5.92 Å². The van der Waals surface area contributed by atoms with Crippen LogP contribution in [-0.2, 0) is 30.3 Å². The molecule has 2 rings (SSSR count). The number of aliphatic carboxylic acids is 1. The first-order valence-corrected chi connectivity index (χ1v) is 11.8. The summed E-state index contributed by atoms with van der Waals surface area (Å²) in [5.41, 5.74) is 4.99. The molecule has 0 amide bonds. The molecule has 34 heavy (non-hydrogen) atoms. The maximum absolute atomic E-state index is 12.4. The van der Waals surface area contributed by atoms with E-state index in [9.17, 15) is 24.3 Å². The third kappa shape index (κ3) is 7.83. The monoisotopic (exact) mass is 477 g/mol.